The van der Waals surface area contributed by atoms with Crippen molar-refractivity contribution in [1.82, 2.24) is 15.0 Å². The van der Waals surface area contributed by atoms with Crippen LogP contribution < -0.4 is 37.6 Å². The summed E-state index contributed by atoms with van der Waals surface area (Å²) >= 11 is 0. The third-order valence-corrected chi connectivity index (χ3v) is 6.35. The van der Waals surface area contributed by atoms with Crippen LogP contribution in [0.4, 0.5) is 17.8 Å². The molecule has 1 aromatic heterocycles. The zero-order chi connectivity index (χ0) is 21.4. The Balaban J connectivity index is 1.68. The summed E-state index contributed by atoms with van der Waals surface area (Å²) in [7, 11) is 0. The van der Waals surface area contributed by atoms with Gasteiger partial charge in [-0.2, -0.15) is 15.0 Å². The summed E-state index contributed by atoms with van der Waals surface area (Å²) < 4.78 is 0. The summed E-state index contributed by atoms with van der Waals surface area (Å²) in [5, 5.41) is 0. The van der Waals surface area contributed by atoms with Gasteiger partial charge >= 0.3 is 0 Å². The highest BCUT2D eigenvalue weighted by Crippen LogP contribution is 2.28. The van der Waals surface area contributed by atoms with Crippen molar-refractivity contribution in [2.45, 2.75) is 57.3 Å². The maximum atomic E-state index is 6.24. The number of anilines is 3. The summed E-state index contributed by atoms with van der Waals surface area (Å²) in [6.07, 6.45) is 2.86. The smallest absolute Gasteiger partial charge is 0.232 e. The molecule has 6 unspecified atom stereocenters. The number of piperidine rings is 3. The van der Waals surface area contributed by atoms with Gasteiger partial charge in [0.25, 0.3) is 0 Å². The molecular weight excluding hydrogens is 380 g/mol. The molecule has 6 atom stereocenters. The van der Waals surface area contributed by atoms with Crippen LogP contribution >= 0.6 is 0 Å². The lowest BCUT2D eigenvalue weighted by Crippen LogP contribution is -2.54. The Morgan fingerprint density at radius 1 is 0.533 bits per heavy atom. The standard InChI is InChI=1S/C20H38N10/c1-12-3-13(2)7-28(6-12)18-25-19(29-8-14(21)4-15(22)9-29)27-20(26-18)30-10-16(23)5-17(24)11-30/h12-17H,3-11,21-24H2,1-2H3. The number of hydrogen-bond donors (Lipinski definition) is 4. The highest BCUT2D eigenvalue weighted by atomic mass is 15.4. The maximum absolute atomic E-state index is 6.24. The number of aromatic nitrogens is 3. The largest absolute Gasteiger partial charge is 0.340 e. The van der Waals surface area contributed by atoms with E-state index in [9.17, 15) is 0 Å². The molecule has 30 heavy (non-hydrogen) atoms. The first-order valence-corrected chi connectivity index (χ1v) is 11.3. The lowest BCUT2D eigenvalue weighted by atomic mass is 9.92. The minimum atomic E-state index is 0.0178. The average molecular weight is 419 g/mol. The molecule has 3 saturated heterocycles. The summed E-state index contributed by atoms with van der Waals surface area (Å²) in [4.78, 5) is 21.1. The molecule has 0 spiro atoms. The van der Waals surface area contributed by atoms with E-state index in [1.54, 1.807) is 0 Å². The fourth-order valence-electron chi connectivity index (χ4n) is 5.28. The minimum absolute atomic E-state index is 0.0178. The molecule has 3 aliphatic rings. The van der Waals surface area contributed by atoms with E-state index in [1.165, 1.54) is 6.42 Å². The first kappa shape index (κ1) is 21.5. The molecule has 0 aliphatic carbocycles. The van der Waals surface area contributed by atoms with Crippen molar-refractivity contribution in [3.05, 3.63) is 0 Å². The molecule has 8 N–H and O–H groups in total. The van der Waals surface area contributed by atoms with Crippen molar-refractivity contribution in [2.24, 2.45) is 34.8 Å². The van der Waals surface area contributed by atoms with Crippen molar-refractivity contribution >= 4 is 17.8 Å². The fourth-order valence-corrected chi connectivity index (χ4v) is 5.28. The molecular formula is C20H38N10. The van der Waals surface area contributed by atoms with E-state index in [2.05, 4.69) is 28.5 Å². The second-order valence-corrected chi connectivity index (χ2v) is 9.91. The third-order valence-electron chi connectivity index (χ3n) is 6.35. The Kier molecular flexibility index (Phi) is 6.29. The lowest BCUT2D eigenvalue weighted by molar-refractivity contribution is 0.353. The van der Waals surface area contributed by atoms with Crippen LogP contribution in [0.1, 0.15) is 33.1 Å². The van der Waals surface area contributed by atoms with Crippen molar-refractivity contribution in [2.75, 3.05) is 54.0 Å². The normalized spacial score (nSPS) is 35.6. The minimum Gasteiger partial charge on any atom is -0.340 e. The van der Waals surface area contributed by atoms with Crippen LogP contribution in [0.2, 0.25) is 0 Å². The predicted molar refractivity (Wildman–Crippen MR) is 121 cm³/mol. The quantitative estimate of drug-likeness (QED) is 0.485. The van der Waals surface area contributed by atoms with E-state index in [4.69, 9.17) is 37.9 Å². The topological polar surface area (TPSA) is 152 Å². The fraction of sp³-hybridized carbons (Fsp3) is 0.850. The molecule has 168 valence electrons. The van der Waals surface area contributed by atoms with Crippen molar-refractivity contribution in [1.29, 1.82) is 0 Å². The number of nitrogens with zero attached hydrogens (tertiary/aromatic N) is 6. The summed E-state index contributed by atoms with van der Waals surface area (Å²) in [6, 6.07) is 0.0714. The van der Waals surface area contributed by atoms with Gasteiger partial charge in [0.1, 0.15) is 0 Å². The van der Waals surface area contributed by atoms with Crippen LogP contribution in [-0.4, -0.2) is 78.4 Å². The molecule has 0 aromatic carbocycles. The van der Waals surface area contributed by atoms with Gasteiger partial charge in [0.2, 0.25) is 17.8 Å². The molecule has 4 heterocycles. The zero-order valence-electron chi connectivity index (χ0n) is 18.3. The van der Waals surface area contributed by atoms with Crippen LogP contribution in [0.3, 0.4) is 0 Å². The molecule has 10 nitrogen and oxygen atoms in total. The second-order valence-electron chi connectivity index (χ2n) is 9.91. The van der Waals surface area contributed by atoms with Gasteiger partial charge < -0.3 is 37.6 Å². The van der Waals surface area contributed by atoms with E-state index in [0.29, 0.717) is 49.9 Å². The van der Waals surface area contributed by atoms with Gasteiger partial charge in [0, 0.05) is 63.4 Å². The first-order valence-electron chi connectivity index (χ1n) is 11.3. The predicted octanol–water partition coefficient (Wildman–Crippen LogP) is -0.917. The zero-order valence-corrected chi connectivity index (χ0v) is 18.3. The number of rotatable bonds is 3. The van der Waals surface area contributed by atoms with Gasteiger partial charge in [-0.05, 0) is 31.1 Å². The van der Waals surface area contributed by atoms with Gasteiger partial charge in [-0.1, -0.05) is 13.8 Å². The Labute approximate surface area is 179 Å². The first-order chi connectivity index (χ1) is 14.3. The van der Waals surface area contributed by atoms with Crippen LogP contribution in [0.15, 0.2) is 0 Å². The van der Waals surface area contributed by atoms with Crippen LogP contribution in [-0.2, 0) is 0 Å². The Morgan fingerprint density at radius 2 is 0.833 bits per heavy atom. The molecule has 0 bridgehead atoms. The summed E-state index contributed by atoms with van der Waals surface area (Å²) in [5.74, 6) is 3.24. The molecule has 3 aliphatic heterocycles. The SMILES string of the molecule is CC1CC(C)CN(c2nc(N3CC(N)CC(N)C3)nc(N3CC(N)CC(N)C3)n2)C1. The molecule has 1 aromatic rings. The summed E-state index contributed by atoms with van der Waals surface area (Å²) in [6.45, 7) is 9.26. The highest BCUT2D eigenvalue weighted by Gasteiger charge is 2.31. The van der Waals surface area contributed by atoms with Gasteiger partial charge in [-0.25, -0.2) is 0 Å². The summed E-state index contributed by atoms with van der Waals surface area (Å²) in [5.41, 5.74) is 25.0. The molecule has 0 amide bonds. The van der Waals surface area contributed by atoms with Crippen molar-refractivity contribution < 1.29 is 0 Å². The second kappa shape index (κ2) is 8.78. The van der Waals surface area contributed by atoms with Crippen LogP contribution in [0.5, 0.6) is 0 Å². The monoisotopic (exact) mass is 418 g/mol. The van der Waals surface area contributed by atoms with Crippen molar-refractivity contribution in [3.8, 4) is 0 Å². The molecule has 10 heteroatoms. The molecule has 3 fully saturated rings. The van der Waals surface area contributed by atoms with Gasteiger partial charge in [0.05, 0.1) is 0 Å². The van der Waals surface area contributed by atoms with Crippen molar-refractivity contribution in [3.63, 3.8) is 0 Å². The Bertz CT molecular complexity index is 592. The average Bonchev–Trinajstić information content (AvgIpc) is 2.65. The third kappa shape index (κ3) is 4.93. The van der Waals surface area contributed by atoms with E-state index in [1.807, 2.05) is 0 Å². The Hall–Kier alpha value is -1.75. The van der Waals surface area contributed by atoms with Crippen LogP contribution in [0.25, 0.3) is 0 Å². The number of hydrogen-bond acceptors (Lipinski definition) is 10. The van der Waals surface area contributed by atoms with E-state index < -0.39 is 0 Å². The van der Waals surface area contributed by atoms with E-state index >= 15 is 0 Å². The van der Waals surface area contributed by atoms with E-state index in [0.717, 1.165) is 31.9 Å². The number of nitrogens with two attached hydrogens (primary N) is 4. The van der Waals surface area contributed by atoms with Gasteiger partial charge in [-0.3, -0.25) is 0 Å². The van der Waals surface area contributed by atoms with Gasteiger partial charge in [0.15, 0.2) is 0 Å². The van der Waals surface area contributed by atoms with Gasteiger partial charge in [-0.15, -0.1) is 0 Å². The highest BCUT2D eigenvalue weighted by molar-refractivity contribution is 5.48. The van der Waals surface area contributed by atoms with E-state index in [-0.39, 0.29) is 24.2 Å². The molecule has 0 radical (unpaired) electrons. The van der Waals surface area contributed by atoms with Crippen LogP contribution in [0, 0.1) is 11.8 Å². The lowest BCUT2D eigenvalue weighted by Gasteiger charge is -2.39. The maximum Gasteiger partial charge on any atom is 0.232 e. The molecule has 0 saturated carbocycles. The Morgan fingerprint density at radius 3 is 1.17 bits per heavy atom. The molecule has 4 rings (SSSR count).